The zero-order valence-electron chi connectivity index (χ0n) is 33.4. The minimum Gasteiger partial charge on any atom is -0.399 e. The van der Waals surface area contributed by atoms with E-state index in [9.17, 15) is 74.6 Å². The van der Waals surface area contributed by atoms with Gasteiger partial charge in [-0.15, -0.1) is 0 Å². The molecule has 2 nitrogen and oxygen atoms in total. The Bertz CT molecular complexity index is 2360. The van der Waals surface area contributed by atoms with Crippen molar-refractivity contribution in [1.82, 2.24) is 0 Å². The molecular weight excluding hydrogens is 1040 g/mol. The van der Waals surface area contributed by atoms with Crippen molar-refractivity contribution in [2.75, 3.05) is 11.5 Å². The number of halogens is 28. The molecule has 4 aromatic carbocycles. The number of nitrogens with two attached hydrogens (primary N) is 2. The highest BCUT2D eigenvalue weighted by molar-refractivity contribution is 5.50. The number of alkyl halides is 28. The van der Waals surface area contributed by atoms with E-state index in [1.54, 1.807) is 0 Å². The maximum absolute atomic E-state index is 16.6. The second kappa shape index (κ2) is 17.1. The Kier molecular flexibility index (Phi) is 13.9. The van der Waals surface area contributed by atoms with Crippen LogP contribution in [0.25, 0.3) is 0 Å². The van der Waals surface area contributed by atoms with Gasteiger partial charge in [-0.3, -0.25) is 0 Å². The lowest BCUT2D eigenvalue weighted by Crippen LogP contribution is -2.79. The van der Waals surface area contributed by atoms with E-state index < -0.39 is 107 Å². The fraction of sp³-hybridized carbons (Fsp3) is 0.400. The van der Waals surface area contributed by atoms with Gasteiger partial charge in [-0.05, 0) is 70.5 Å². The molecule has 0 aliphatic heterocycles. The van der Waals surface area contributed by atoms with Crippen LogP contribution in [0.2, 0.25) is 0 Å². The van der Waals surface area contributed by atoms with Crippen LogP contribution >= 0.6 is 0 Å². The van der Waals surface area contributed by atoms with E-state index in [1.807, 2.05) is 0 Å². The van der Waals surface area contributed by atoms with Crippen LogP contribution in [0.3, 0.4) is 0 Å². The predicted octanol–water partition coefficient (Wildman–Crippen LogP) is 14.4. The minimum atomic E-state index is -9.91. The Balaban J connectivity index is 1.99. The smallest absolute Gasteiger partial charge is 0.399 e. The van der Waals surface area contributed by atoms with Gasteiger partial charge < -0.3 is 11.5 Å². The molecular formula is C40H24F28N2. The molecule has 4 N–H and O–H groups in total. The van der Waals surface area contributed by atoms with Gasteiger partial charge in [0.1, 0.15) is 0 Å². The Hall–Kier alpha value is -5.48. The molecule has 0 saturated heterocycles. The fourth-order valence-corrected chi connectivity index (χ4v) is 6.71. The molecule has 0 aromatic heterocycles. The summed E-state index contributed by atoms with van der Waals surface area (Å²) in [5, 5.41) is 0. The lowest BCUT2D eigenvalue weighted by molar-refractivity contribution is -0.484. The summed E-state index contributed by atoms with van der Waals surface area (Å²) in [7, 11) is 0. The van der Waals surface area contributed by atoms with Crippen LogP contribution in [0.1, 0.15) is 33.4 Å². The first-order chi connectivity index (χ1) is 31.1. The molecule has 30 heteroatoms. The monoisotopic (exact) mass is 1060 g/mol. The highest BCUT2D eigenvalue weighted by atomic mass is 19.4. The number of nitrogen functional groups attached to an aromatic ring is 2. The molecule has 0 spiro atoms. The largest absolute Gasteiger partial charge is 0.460 e. The van der Waals surface area contributed by atoms with E-state index in [0.717, 1.165) is 0 Å². The van der Waals surface area contributed by atoms with Gasteiger partial charge in [0.25, 0.3) is 0 Å². The van der Waals surface area contributed by atoms with Gasteiger partial charge in [0, 0.05) is 11.4 Å². The second-order valence-electron chi connectivity index (χ2n) is 15.3. The van der Waals surface area contributed by atoms with E-state index in [0.29, 0.717) is 24.3 Å². The van der Waals surface area contributed by atoms with Crippen molar-refractivity contribution in [1.29, 1.82) is 0 Å². The van der Waals surface area contributed by atoms with Crippen LogP contribution in [0.4, 0.5) is 134 Å². The number of benzene rings is 4. The van der Waals surface area contributed by atoms with Gasteiger partial charge >= 0.3 is 77.5 Å². The van der Waals surface area contributed by atoms with Crippen LogP contribution < -0.4 is 11.5 Å². The molecule has 0 aliphatic rings. The van der Waals surface area contributed by atoms with Crippen molar-refractivity contribution < 1.29 is 123 Å². The molecule has 0 unspecified atom stereocenters. The first-order valence-electron chi connectivity index (χ1n) is 18.3. The summed E-state index contributed by atoms with van der Waals surface area (Å²) in [6.45, 7) is 0. The van der Waals surface area contributed by atoms with E-state index in [2.05, 4.69) is 0 Å². The molecule has 0 aliphatic carbocycles. The van der Waals surface area contributed by atoms with Crippen LogP contribution in [-0.2, 0) is 18.3 Å². The zero-order chi connectivity index (χ0) is 54.3. The zero-order valence-corrected chi connectivity index (χ0v) is 33.4. The number of anilines is 2. The number of rotatable bonds is 17. The molecule has 70 heavy (non-hydrogen) atoms. The van der Waals surface area contributed by atoms with Gasteiger partial charge in [-0.1, -0.05) is 72.8 Å². The van der Waals surface area contributed by atoms with Gasteiger partial charge in [-0.25, -0.2) is 0 Å². The topological polar surface area (TPSA) is 52.0 Å². The molecule has 4 aromatic rings. The summed E-state index contributed by atoms with van der Waals surface area (Å²) in [6.07, 6.45) is -16.5. The molecule has 0 bridgehead atoms. The number of hydrogen-bond donors (Lipinski definition) is 2. The summed E-state index contributed by atoms with van der Waals surface area (Å²) in [6, 6.07) is 10.7. The summed E-state index contributed by atoms with van der Waals surface area (Å²) in [5.41, 5.74) is -0.0583. The van der Waals surface area contributed by atoms with E-state index in [-0.39, 0.29) is 57.9 Å². The minimum absolute atomic E-state index is 0.130. The first-order valence-corrected chi connectivity index (χ1v) is 18.3. The lowest BCUT2D eigenvalue weighted by atomic mass is 9.65. The van der Waals surface area contributed by atoms with Crippen molar-refractivity contribution in [2.45, 2.75) is 95.8 Å². The Morgan fingerprint density at radius 1 is 0.229 bits per heavy atom. The third-order valence-electron chi connectivity index (χ3n) is 10.7. The van der Waals surface area contributed by atoms with Crippen LogP contribution in [0, 0.1) is 0 Å². The maximum Gasteiger partial charge on any atom is 0.460 e. The molecule has 390 valence electrons. The van der Waals surface area contributed by atoms with Gasteiger partial charge in [0.2, 0.25) is 0 Å². The average molecular weight is 1060 g/mol. The van der Waals surface area contributed by atoms with Gasteiger partial charge in [-0.2, -0.15) is 123 Å². The number of hydrogen-bond acceptors (Lipinski definition) is 2. The summed E-state index contributed by atoms with van der Waals surface area (Å²) in [5.74, 6) is -104. The Morgan fingerprint density at radius 2 is 0.414 bits per heavy atom. The standard InChI is InChI=1S/C40H24F28N2/c41-28(42,29(43,44)30(45,46)31(47,48)32(49,50)33(51,52)34(53,54)35(55,56)36(57,58)37(59,60)38(61,62)40(66,67)68)27(39(63,64)65,23-9-1-19(2-10-23)17-21-5-13-25(69)14-6-21)24-11-3-20(4-12-24)18-22-7-15-26(70)16-8-22/h1-16H,17-18,69-70H2. The molecule has 0 saturated carbocycles. The maximum atomic E-state index is 16.6. The molecule has 0 amide bonds. The third-order valence-corrected chi connectivity index (χ3v) is 10.7. The van der Waals surface area contributed by atoms with Crippen molar-refractivity contribution in [3.63, 3.8) is 0 Å². The fourth-order valence-electron chi connectivity index (χ4n) is 6.71. The molecule has 0 fully saturated rings. The summed E-state index contributed by atoms with van der Waals surface area (Å²) in [4.78, 5) is 0. The Morgan fingerprint density at radius 3 is 0.614 bits per heavy atom. The molecule has 4 rings (SSSR count). The summed E-state index contributed by atoms with van der Waals surface area (Å²) < 4.78 is 407. The van der Waals surface area contributed by atoms with Crippen LogP contribution in [-0.4, -0.2) is 77.5 Å². The van der Waals surface area contributed by atoms with Gasteiger partial charge in [0.15, 0.2) is 5.41 Å². The predicted molar refractivity (Wildman–Crippen MR) is 188 cm³/mol. The van der Waals surface area contributed by atoms with Crippen molar-refractivity contribution in [3.05, 3.63) is 130 Å². The van der Waals surface area contributed by atoms with Crippen molar-refractivity contribution >= 4 is 11.4 Å². The lowest BCUT2D eigenvalue weighted by Gasteiger charge is -2.49. The van der Waals surface area contributed by atoms with E-state index in [1.165, 1.54) is 48.5 Å². The molecule has 0 radical (unpaired) electrons. The Labute approximate surface area is 372 Å². The van der Waals surface area contributed by atoms with Gasteiger partial charge in [0.05, 0.1) is 0 Å². The summed E-state index contributed by atoms with van der Waals surface area (Å²) >= 11 is 0. The SMILES string of the molecule is Nc1ccc(Cc2ccc(C(c3ccc(Cc4ccc(N)cc4)cc3)(C(F)(F)F)C(F)(F)C(F)(F)C(F)(F)C(F)(F)C(F)(F)C(F)(F)C(F)(F)C(F)(F)C(F)(F)C(F)(F)C(F)(F)C(F)(F)F)cc2)cc1. The van der Waals surface area contributed by atoms with Crippen molar-refractivity contribution in [3.8, 4) is 0 Å². The van der Waals surface area contributed by atoms with Crippen LogP contribution in [0.15, 0.2) is 97.1 Å². The molecule has 0 atom stereocenters. The first kappa shape index (κ1) is 57.1. The molecule has 0 heterocycles. The normalized spacial score (nSPS) is 15.1. The average Bonchev–Trinajstić information content (AvgIpc) is 3.22. The second-order valence-corrected chi connectivity index (χ2v) is 15.3. The van der Waals surface area contributed by atoms with Crippen molar-refractivity contribution in [2.24, 2.45) is 0 Å². The van der Waals surface area contributed by atoms with Crippen LogP contribution in [0.5, 0.6) is 0 Å². The highest BCUT2D eigenvalue weighted by Crippen LogP contribution is 2.70. The van der Waals surface area contributed by atoms with E-state index in [4.69, 9.17) is 11.5 Å². The third kappa shape index (κ3) is 8.04. The highest BCUT2D eigenvalue weighted by Gasteiger charge is 3.00. The van der Waals surface area contributed by atoms with E-state index >= 15 is 48.3 Å². The quantitative estimate of drug-likeness (QED) is 0.0818.